The molecule has 0 heterocycles. The van der Waals surface area contributed by atoms with Gasteiger partial charge in [0.1, 0.15) is 0 Å². The SMILES string of the molecule is CNC(C)c1ccc(SCc2ccc(CO)cc2)cc1. The minimum atomic E-state index is 0.110. The zero-order valence-electron chi connectivity index (χ0n) is 12.0. The topological polar surface area (TPSA) is 32.3 Å². The summed E-state index contributed by atoms with van der Waals surface area (Å²) in [5, 5.41) is 12.3. The van der Waals surface area contributed by atoms with Crippen molar-refractivity contribution in [2.75, 3.05) is 7.05 Å². The Bertz CT molecular complexity index is 522. The summed E-state index contributed by atoms with van der Waals surface area (Å²) in [5.74, 6) is 0.951. The quantitative estimate of drug-likeness (QED) is 0.794. The maximum atomic E-state index is 9.02. The molecular formula is C17H21NOS. The van der Waals surface area contributed by atoms with Crippen LogP contribution < -0.4 is 5.32 Å². The van der Waals surface area contributed by atoms with Crippen molar-refractivity contribution in [2.45, 2.75) is 30.2 Å². The maximum Gasteiger partial charge on any atom is 0.0681 e. The average molecular weight is 287 g/mol. The Hall–Kier alpha value is -1.29. The molecule has 2 aromatic rings. The van der Waals surface area contributed by atoms with Crippen molar-refractivity contribution >= 4 is 11.8 Å². The van der Waals surface area contributed by atoms with Crippen LogP contribution in [0.4, 0.5) is 0 Å². The van der Waals surface area contributed by atoms with E-state index in [2.05, 4.69) is 48.6 Å². The summed E-state index contributed by atoms with van der Waals surface area (Å²) in [7, 11) is 1.98. The van der Waals surface area contributed by atoms with Gasteiger partial charge in [-0.25, -0.2) is 0 Å². The number of hydrogen-bond acceptors (Lipinski definition) is 3. The predicted octanol–water partition coefficient (Wildman–Crippen LogP) is 3.75. The van der Waals surface area contributed by atoms with Crippen LogP contribution in [0.15, 0.2) is 53.4 Å². The van der Waals surface area contributed by atoms with E-state index in [0.29, 0.717) is 6.04 Å². The summed E-state index contributed by atoms with van der Waals surface area (Å²) in [6.45, 7) is 2.27. The van der Waals surface area contributed by atoms with Crippen LogP contribution in [0.2, 0.25) is 0 Å². The summed E-state index contributed by atoms with van der Waals surface area (Å²) in [4.78, 5) is 1.28. The summed E-state index contributed by atoms with van der Waals surface area (Å²) >= 11 is 1.83. The van der Waals surface area contributed by atoms with Crippen LogP contribution in [-0.4, -0.2) is 12.2 Å². The lowest BCUT2D eigenvalue weighted by Crippen LogP contribution is -2.11. The monoisotopic (exact) mass is 287 g/mol. The largest absolute Gasteiger partial charge is 0.392 e. The van der Waals surface area contributed by atoms with E-state index >= 15 is 0 Å². The number of hydrogen-bond donors (Lipinski definition) is 2. The van der Waals surface area contributed by atoms with E-state index in [9.17, 15) is 0 Å². The molecular weight excluding hydrogens is 266 g/mol. The second kappa shape index (κ2) is 7.48. The first-order chi connectivity index (χ1) is 9.72. The molecule has 2 rings (SSSR count). The van der Waals surface area contributed by atoms with Gasteiger partial charge < -0.3 is 10.4 Å². The Kier molecular flexibility index (Phi) is 5.65. The molecule has 0 aliphatic carbocycles. The zero-order valence-corrected chi connectivity index (χ0v) is 12.8. The number of benzene rings is 2. The van der Waals surface area contributed by atoms with Gasteiger partial charge in [0.2, 0.25) is 0 Å². The Morgan fingerprint density at radius 3 is 2.15 bits per heavy atom. The molecule has 20 heavy (non-hydrogen) atoms. The number of nitrogens with one attached hydrogen (secondary N) is 1. The Morgan fingerprint density at radius 2 is 1.60 bits per heavy atom. The van der Waals surface area contributed by atoms with Gasteiger partial charge in [-0.2, -0.15) is 0 Å². The third kappa shape index (κ3) is 4.10. The van der Waals surface area contributed by atoms with Crippen molar-refractivity contribution in [1.29, 1.82) is 0 Å². The maximum absolute atomic E-state index is 9.02. The van der Waals surface area contributed by atoms with Gasteiger partial charge in [0.25, 0.3) is 0 Å². The molecule has 0 aliphatic rings. The number of aliphatic hydroxyl groups is 1. The molecule has 0 radical (unpaired) electrons. The number of rotatable bonds is 6. The average Bonchev–Trinajstić information content (AvgIpc) is 2.53. The molecule has 1 atom stereocenters. The van der Waals surface area contributed by atoms with Gasteiger partial charge >= 0.3 is 0 Å². The molecule has 0 amide bonds. The number of aliphatic hydroxyl groups excluding tert-OH is 1. The van der Waals surface area contributed by atoms with Crippen molar-refractivity contribution in [3.05, 3.63) is 65.2 Å². The van der Waals surface area contributed by atoms with Crippen LogP contribution in [0, 0.1) is 0 Å². The highest BCUT2D eigenvalue weighted by Gasteiger charge is 2.02. The van der Waals surface area contributed by atoms with Gasteiger partial charge in [-0.1, -0.05) is 36.4 Å². The lowest BCUT2D eigenvalue weighted by Gasteiger charge is -2.11. The van der Waals surface area contributed by atoms with E-state index in [1.807, 2.05) is 30.9 Å². The van der Waals surface area contributed by atoms with E-state index in [4.69, 9.17) is 5.11 Å². The van der Waals surface area contributed by atoms with Crippen LogP contribution in [0.5, 0.6) is 0 Å². The van der Waals surface area contributed by atoms with Crippen LogP contribution in [0.1, 0.15) is 29.7 Å². The molecule has 2 nitrogen and oxygen atoms in total. The third-order valence-electron chi connectivity index (χ3n) is 3.42. The smallest absolute Gasteiger partial charge is 0.0681 e. The minimum absolute atomic E-state index is 0.110. The molecule has 0 aliphatic heterocycles. The first-order valence-corrected chi connectivity index (χ1v) is 7.80. The van der Waals surface area contributed by atoms with E-state index < -0.39 is 0 Å². The fraction of sp³-hybridized carbons (Fsp3) is 0.294. The second-order valence-electron chi connectivity index (χ2n) is 4.84. The minimum Gasteiger partial charge on any atom is -0.392 e. The molecule has 3 heteroatoms. The second-order valence-corrected chi connectivity index (χ2v) is 5.89. The first kappa shape index (κ1) is 15.1. The summed E-state index contributed by atoms with van der Waals surface area (Å²) in [5.41, 5.74) is 3.55. The molecule has 0 aromatic heterocycles. The molecule has 2 aromatic carbocycles. The Labute approximate surface area is 125 Å². The highest BCUT2D eigenvalue weighted by molar-refractivity contribution is 7.98. The molecule has 0 saturated heterocycles. The van der Waals surface area contributed by atoms with Gasteiger partial charge in [-0.3, -0.25) is 0 Å². The fourth-order valence-corrected chi connectivity index (χ4v) is 2.78. The zero-order chi connectivity index (χ0) is 14.4. The van der Waals surface area contributed by atoms with Gasteiger partial charge in [-0.15, -0.1) is 11.8 Å². The van der Waals surface area contributed by atoms with E-state index in [1.54, 1.807) is 0 Å². The normalized spacial score (nSPS) is 12.3. The summed E-state index contributed by atoms with van der Waals surface area (Å²) < 4.78 is 0. The van der Waals surface area contributed by atoms with Crippen molar-refractivity contribution in [2.24, 2.45) is 0 Å². The van der Waals surface area contributed by atoms with Crippen molar-refractivity contribution in [3.63, 3.8) is 0 Å². The van der Waals surface area contributed by atoms with Gasteiger partial charge in [-0.05, 0) is 42.8 Å². The van der Waals surface area contributed by atoms with E-state index in [-0.39, 0.29) is 6.61 Å². The molecule has 1 unspecified atom stereocenters. The van der Waals surface area contributed by atoms with Gasteiger partial charge in [0, 0.05) is 16.7 Å². The third-order valence-corrected chi connectivity index (χ3v) is 4.51. The summed E-state index contributed by atoms with van der Waals surface area (Å²) in [6, 6.07) is 17.2. The molecule has 0 saturated carbocycles. The van der Waals surface area contributed by atoms with Crippen LogP contribution in [0.3, 0.4) is 0 Å². The van der Waals surface area contributed by atoms with Crippen LogP contribution in [-0.2, 0) is 12.4 Å². The van der Waals surface area contributed by atoms with E-state index in [0.717, 1.165) is 11.3 Å². The van der Waals surface area contributed by atoms with Crippen LogP contribution in [0.25, 0.3) is 0 Å². The Morgan fingerprint density at radius 1 is 1.00 bits per heavy atom. The first-order valence-electron chi connectivity index (χ1n) is 6.81. The predicted molar refractivity (Wildman–Crippen MR) is 85.8 cm³/mol. The Balaban J connectivity index is 1.93. The molecule has 0 fully saturated rings. The van der Waals surface area contributed by atoms with Crippen molar-refractivity contribution in [3.8, 4) is 0 Å². The lowest BCUT2D eigenvalue weighted by atomic mass is 10.1. The molecule has 0 spiro atoms. The highest BCUT2D eigenvalue weighted by atomic mass is 32.2. The fourth-order valence-electron chi connectivity index (χ4n) is 1.93. The van der Waals surface area contributed by atoms with Crippen LogP contribution >= 0.6 is 11.8 Å². The number of thioether (sulfide) groups is 1. The highest BCUT2D eigenvalue weighted by Crippen LogP contribution is 2.24. The standard InChI is InChI=1S/C17H21NOS/c1-13(18-2)16-7-9-17(10-8-16)20-12-15-5-3-14(11-19)4-6-15/h3-10,13,18-19H,11-12H2,1-2H3. The molecule has 106 valence electrons. The molecule has 2 N–H and O–H groups in total. The van der Waals surface area contributed by atoms with E-state index in [1.165, 1.54) is 16.0 Å². The van der Waals surface area contributed by atoms with Crippen molar-refractivity contribution < 1.29 is 5.11 Å². The summed E-state index contributed by atoms with van der Waals surface area (Å²) in [6.07, 6.45) is 0. The van der Waals surface area contributed by atoms with Gasteiger partial charge in [0.05, 0.1) is 6.61 Å². The van der Waals surface area contributed by atoms with Crippen molar-refractivity contribution in [1.82, 2.24) is 5.32 Å². The lowest BCUT2D eigenvalue weighted by molar-refractivity contribution is 0.282. The molecule has 0 bridgehead atoms. The van der Waals surface area contributed by atoms with Gasteiger partial charge in [0.15, 0.2) is 0 Å².